The Morgan fingerprint density at radius 3 is 2.82 bits per heavy atom. The van der Waals surface area contributed by atoms with Crippen LogP contribution in [0, 0.1) is 22.8 Å². The van der Waals surface area contributed by atoms with E-state index in [1.54, 1.807) is 5.01 Å². The number of hydrazone groups is 1. The summed E-state index contributed by atoms with van der Waals surface area (Å²) in [6.45, 7) is 2.51. The molecule has 0 bridgehead atoms. The van der Waals surface area contributed by atoms with Gasteiger partial charge in [-0.3, -0.25) is 5.01 Å². The molecule has 5 nitrogen and oxygen atoms in total. The van der Waals surface area contributed by atoms with Crippen LogP contribution in [0.3, 0.4) is 0 Å². The van der Waals surface area contributed by atoms with E-state index in [9.17, 15) is 0 Å². The van der Waals surface area contributed by atoms with Crippen molar-refractivity contribution in [1.82, 2.24) is 9.91 Å². The average Bonchev–Trinajstić information content (AvgIpc) is 2.45. The molecular weight excluding hydrogens is 142 g/mol. The van der Waals surface area contributed by atoms with E-state index in [0.717, 1.165) is 0 Å². The van der Waals surface area contributed by atoms with E-state index in [1.807, 2.05) is 19.2 Å². The Balaban J connectivity index is 2.74. The van der Waals surface area contributed by atoms with Gasteiger partial charge in [-0.05, 0) is 6.92 Å². The first kappa shape index (κ1) is 7.36. The van der Waals surface area contributed by atoms with Crippen LogP contribution in [0.25, 0.3) is 0 Å². The van der Waals surface area contributed by atoms with Gasteiger partial charge in [-0.1, -0.05) is 0 Å². The van der Waals surface area contributed by atoms with Crippen molar-refractivity contribution in [2.75, 3.05) is 6.54 Å². The van der Waals surface area contributed by atoms with Gasteiger partial charge in [0, 0.05) is 6.54 Å². The van der Waals surface area contributed by atoms with Crippen LogP contribution in [0.4, 0.5) is 0 Å². The molecule has 1 aliphatic rings. The van der Waals surface area contributed by atoms with Crippen molar-refractivity contribution < 1.29 is 0 Å². The van der Waals surface area contributed by atoms with Crippen molar-refractivity contribution in [3.63, 3.8) is 0 Å². The summed E-state index contributed by atoms with van der Waals surface area (Å²) in [4.78, 5) is 1.21. The van der Waals surface area contributed by atoms with Crippen LogP contribution < -0.4 is 0 Å². The Kier molecular flexibility index (Phi) is 1.93. The fraction of sp³-hybridized carbons (Fsp3) is 0.500. The molecular formula is C6H7N5. The second-order valence-electron chi connectivity index (χ2n) is 2.00. The molecule has 5 heteroatoms. The van der Waals surface area contributed by atoms with Gasteiger partial charge in [0.1, 0.15) is 12.4 Å². The minimum atomic E-state index is -0.551. The second kappa shape index (κ2) is 2.89. The predicted molar refractivity (Wildman–Crippen MR) is 37.7 cm³/mol. The average molecular weight is 149 g/mol. The molecule has 0 saturated carbocycles. The highest BCUT2D eigenvalue weighted by atomic mass is 15.6. The van der Waals surface area contributed by atoms with Crippen LogP contribution in [0.2, 0.25) is 0 Å². The topological polar surface area (TPSA) is 66.4 Å². The first-order chi connectivity index (χ1) is 5.33. The smallest absolute Gasteiger partial charge is 0.220 e. The highest BCUT2D eigenvalue weighted by Crippen LogP contribution is 2.08. The minimum absolute atomic E-state index is 0.551. The SMILES string of the molecule is CCN1N=CN(C#N)C1C#N. The molecule has 1 atom stereocenters. The summed E-state index contributed by atoms with van der Waals surface area (Å²) < 4.78 is 0. The van der Waals surface area contributed by atoms with E-state index in [0.29, 0.717) is 6.54 Å². The van der Waals surface area contributed by atoms with Gasteiger partial charge in [0.25, 0.3) is 0 Å². The van der Waals surface area contributed by atoms with Gasteiger partial charge in [-0.2, -0.15) is 15.6 Å². The molecule has 1 unspecified atom stereocenters. The molecule has 1 heterocycles. The highest BCUT2D eigenvalue weighted by Gasteiger charge is 2.25. The molecule has 0 aromatic heterocycles. The molecule has 0 fully saturated rings. The first-order valence-corrected chi connectivity index (χ1v) is 3.22. The molecule has 0 aliphatic carbocycles. The third kappa shape index (κ3) is 1.08. The highest BCUT2D eigenvalue weighted by molar-refractivity contribution is 5.60. The fourth-order valence-corrected chi connectivity index (χ4v) is 0.856. The van der Waals surface area contributed by atoms with Crippen molar-refractivity contribution in [2.45, 2.75) is 13.1 Å². The number of hydrogen-bond acceptors (Lipinski definition) is 5. The Bertz CT molecular complexity index is 245. The molecule has 0 saturated heterocycles. The zero-order valence-corrected chi connectivity index (χ0v) is 6.10. The van der Waals surface area contributed by atoms with E-state index in [2.05, 4.69) is 5.10 Å². The van der Waals surface area contributed by atoms with E-state index in [-0.39, 0.29) is 0 Å². The Hall–Kier alpha value is -1.75. The Morgan fingerprint density at radius 2 is 2.36 bits per heavy atom. The number of rotatable bonds is 1. The van der Waals surface area contributed by atoms with Crippen LogP contribution in [-0.2, 0) is 0 Å². The molecule has 1 rings (SSSR count). The van der Waals surface area contributed by atoms with Crippen LogP contribution in [0.1, 0.15) is 6.92 Å². The molecule has 0 radical (unpaired) electrons. The van der Waals surface area contributed by atoms with E-state index in [1.165, 1.54) is 11.2 Å². The third-order valence-electron chi connectivity index (χ3n) is 1.43. The van der Waals surface area contributed by atoms with Gasteiger partial charge in [0.15, 0.2) is 6.19 Å². The van der Waals surface area contributed by atoms with Crippen molar-refractivity contribution in [1.29, 1.82) is 10.5 Å². The Labute approximate surface area is 64.7 Å². The molecule has 0 aromatic rings. The van der Waals surface area contributed by atoms with E-state index >= 15 is 0 Å². The normalized spacial score (nSPS) is 21.5. The lowest BCUT2D eigenvalue weighted by Crippen LogP contribution is -2.35. The monoisotopic (exact) mass is 149 g/mol. The van der Waals surface area contributed by atoms with Gasteiger partial charge in [0.05, 0.1) is 0 Å². The van der Waals surface area contributed by atoms with Crippen molar-refractivity contribution in [2.24, 2.45) is 5.10 Å². The second-order valence-corrected chi connectivity index (χ2v) is 2.00. The van der Waals surface area contributed by atoms with E-state index < -0.39 is 6.17 Å². The number of nitriles is 2. The summed E-state index contributed by atoms with van der Waals surface area (Å²) in [5.41, 5.74) is 0. The quantitative estimate of drug-likeness (QED) is 0.488. The van der Waals surface area contributed by atoms with Gasteiger partial charge >= 0.3 is 0 Å². The summed E-state index contributed by atoms with van der Waals surface area (Å²) in [5.74, 6) is 0. The number of hydrogen-bond donors (Lipinski definition) is 0. The fourth-order valence-electron chi connectivity index (χ4n) is 0.856. The molecule has 1 aliphatic heterocycles. The van der Waals surface area contributed by atoms with Crippen molar-refractivity contribution >= 4 is 6.34 Å². The van der Waals surface area contributed by atoms with Gasteiger partial charge in [-0.25, -0.2) is 4.90 Å². The lowest BCUT2D eigenvalue weighted by atomic mass is 10.5. The summed E-state index contributed by atoms with van der Waals surface area (Å²) in [6, 6.07) is 1.97. The van der Waals surface area contributed by atoms with Crippen molar-refractivity contribution in [3.8, 4) is 12.3 Å². The Morgan fingerprint density at radius 1 is 1.64 bits per heavy atom. The first-order valence-electron chi connectivity index (χ1n) is 3.22. The van der Waals surface area contributed by atoms with Crippen LogP contribution in [0.15, 0.2) is 5.10 Å². The van der Waals surface area contributed by atoms with Gasteiger partial charge < -0.3 is 0 Å². The lowest BCUT2D eigenvalue weighted by molar-refractivity contribution is 0.220. The van der Waals surface area contributed by atoms with Gasteiger partial charge in [-0.15, -0.1) is 0 Å². The maximum absolute atomic E-state index is 8.60. The lowest BCUT2D eigenvalue weighted by Gasteiger charge is -2.17. The predicted octanol–water partition coefficient (Wildman–Crippen LogP) is -0.102. The standard InChI is InChI=1S/C6H7N5/c1-2-11-6(3-7)10(4-8)5-9-11/h5-6H,2H2,1H3. The van der Waals surface area contributed by atoms with Crippen LogP contribution in [-0.4, -0.2) is 29.0 Å². The van der Waals surface area contributed by atoms with Crippen LogP contribution in [0.5, 0.6) is 0 Å². The molecule has 56 valence electrons. The molecule has 11 heavy (non-hydrogen) atoms. The molecule has 0 N–H and O–H groups in total. The largest absolute Gasteiger partial charge is 0.259 e. The van der Waals surface area contributed by atoms with Crippen molar-refractivity contribution in [3.05, 3.63) is 0 Å². The molecule has 0 spiro atoms. The number of nitrogens with zero attached hydrogens (tertiary/aromatic N) is 5. The van der Waals surface area contributed by atoms with E-state index in [4.69, 9.17) is 10.5 Å². The summed E-state index contributed by atoms with van der Waals surface area (Å²) in [7, 11) is 0. The van der Waals surface area contributed by atoms with Crippen LogP contribution >= 0.6 is 0 Å². The molecule has 0 aromatic carbocycles. The van der Waals surface area contributed by atoms with Gasteiger partial charge in [0.2, 0.25) is 6.17 Å². The maximum atomic E-state index is 8.60. The summed E-state index contributed by atoms with van der Waals surface area (Å²) >= 11 is 0. The maximum Gasteiger partial charge on any atom is 0.220 e. The zero-order chi connectivity index (χ0) is 8.27. The summed E-state index contributed by atoms with van der Waals surface area (Å²) in [6.07, 6.45) is 2.66. The minimum Gasteiger partial charge on any atom is -0.259 e. The molecule has 0 amide bonds. The summed E-state index contributed by atoms with van der Waals surface area (Å²) in [5, 5.41) is 22.5. The third-order valence-corrected chi connectivity index (χ3v) is 1.43. The zero-order valence-electron chi connectivity index (χ0n) is 6.10.